The molecule has 2 nitrogen and oxygen atoms in total. The molecule has 16 heavy (non-hydrogen) atoms. The summed E-state index contributed by atoms with van der Waals surface area (Å²) in [6.45, 7) is 7.17. The first-order valence-corrected chi connectivity index (χ1v) is 6.67. The summed E-state index contributed by atoms with van der Waals surface area (Å²) in [5, 5.41) is 3.39. The molecule has 1 atom stereocenters. The van der Waals surface area contributed by atoms with E-state index in [1.165, 1.54) is 0 Å². The Hall–Kier alpha value is -0.520. The second-order valence-electron chi connectivity index (χ2n) is 4.31. The number of anilines is 2. The highest BCUT2D eigenvalue weighted by Crippen LogP contribution is 2.32. The van der Waals surface area contributed by atoms with Crippen LogP contribution in [-0.2, 0) is 0 Å². The Morgan fingerprint density at radius 2 is 2.31 bits per heavy atom. The molecule has 1 aromatic rings. The lowest BCUT2D eigenvalue weighted by molar-refractivity contribution is 0.598. The lowest BCUT2D eigenvalue weighted by Crippen LogP contribution is -2.28. The van der Waals surface area contributed by atoms with Crippen molar-refractivity contribution in [2.45, 2.75) is 13.8 Å². The van der Waals surface area contributed by atoms with E-state index < -0.39 is 0 Å². The molecule has 0 aliphatic carbocycles. The molecular formula is C12H16FIN2. The van der Waals surface area contributed by atoms with Crippen LogP contribution in [-0.4, -0.2) is 19.6 Å². The second-order valence-corrected chi connectivity index (χ2v) is 5.47. The van der Waals surface area contributed by atoms with Gasteiger partial charge in [-0.15, -0.1) is 0 Å². The number of hydrogen-bond donors (Lipinski definition) is 1. The van der Waals surface area contributed by atoms with Crippen molar-refractivity contribution in [3.63, 3.8) is 0 Å². The summed E-state index contributed by atoms with van der Waals surface area (Å²) >= 11 is 2.03. The molecule has 1 heterocycles. The molecule has 1 unspecified atom stereocenters. The van der Waals surface area contributed by atoms with E-state index in [2.05, 4.69) is 24.1 Å². The van der Waals surface area contributed by atoms with Crippen LogP contribution in [0, 0.1) is 15.3 Å². The third kappa shape index (κ3) is 2.26. The molecule has 0 saturated heterocycles. The summed E-state index contributed by atoms with van der Waals surface area (Å²) in [6, 6.07) is 3.54. The molecular weight excluding hydrogens is 318 g/mol. The van der Waals surface area contributed by atoms with E-state index in [0.717, 1.165) is 31.0 Å². The van der Waals surface area contributed by atoms with Gasteiger partial charge in [0.2, 0.25) is 0 Å². The first-order chi connectivity index (χ1) is 7.61. The third-order valence-corrected chi connectivity index (χ3v) is 3.76. The average Bonchev–Trinajstić information content (AvgIpc) is 2.40. The van der Waals surface area contributed by atoms with E-state index in [0.29, 0.717) is 9.49 Å². The summed E-state index contributed by atoms with van der Waals surface area (Å²) in [5.41, 5.74) is 2.04. The molecule has 0 saturated carbocycles. The van der Waals surface area contributed by atoms with Gasteiger partial charge < -0.3 is 10.2 Å². The van der Waals surface area contributed by atoms with Crippen LogP contribution in [0.15, 0.2) is 12.1 Å². The lowest BCUT2D eigenvalue weighted by atomic mass is 10.2. The SMILES string of the molecule is CCN1CC(C)CNc2cc(I)c(F)cc21. The van der Waals surface area contributed by atoms with Crippen LogP contribution in [0.3, 0.4) is 0 Å². The van der Waals surface area contributed by atoms with E-state index in [4.69, 9.17) is 0 Å². The minimum atomic E-state index is -0.130. The lowest BCUT2D eigenvalue weighted by Gasteiger charge is -2.24. The molecule has 1 aromatic carbocycles. The fourth-order valence-corrected chi connectivity index (χ4v) is 2.53. The van der Waals surface area contributed by atoms with E-state index in [1.807, 2.05) is 28.7 Å². The minimum absolute atomic E-state index is 0.130. The molecule has 0 aromatic heterocycles. The Morgan fingerprint density at radius 3 is 3.00 bits per heavy atom. The van der Waals surface area contributed by atoms with Gasteiger partial charge in [0.05, 0.1) is 14.9 Å². The molecule has 0 spiro atoms. The Kier molecular flexibility index (Phi) is 3.56. The van der Waals surface area contributed by atoms with Gasteiger partial charge >= 0.3 is 0 Å². The van der Waals surface area contributed by atoms with Gasteiger partial charge in [-0.1, -0.05) is 6.92 Å². The molecule has 0 amide bonds. The van der Waals surface area contributed by atoms with Gasteiger partial charge in [0.15, 0.2) is 0 Å². The molecule has 4 heteroatoms. The van der Waals surface area contributed by atoms with E-state index >= 15 is 0 Å². The van der Waals surface area contributed by atoms with Crippen molar-refractivity contribution < 1.29 is 4.39 Å². The quantitative estimate of drug-likeness (QED) is 0.793. The van der Waals surface area contributed by atoms with Crippen LogP contribution in [0.5, 0.6) is 0 Å². The van der Waals surface area contributed by atoms with Gasteiger partial charge in [-0.25, -0.2) is 4.39 Å². The molecule has 1 aliphatic heterocycles. The summed E-state index contributed by atoms with van der Waals surface area (Å²) in [7, 11) is 0. The van der Waals surface area contributed by atoms with Crippen molar-refractivity contribution in [1.82, 2.24) is 0 Å². The molecule has 1 aliphatic rings. The molecule has 0 fully saturated rings. The predicted octanol–water partition coefficient (Wildman–Crippen LogP) is 3.32. The highest BCUT2D eigenvalue weighted by atomic mass is 127. The van der Waals surface area contributed by atoms with Crippen LogP contribution in [0.1, 0.15) is 13.8 Å². The van der Waals surface area contributed by atoms with E-state index in [-0.39, 0.29) is 5.82 Å². The maximum Gasteiger partial charge on any atom is 0.138 e. The van der Waals surface area contributed by atoms with Crippen LogP contribution in [0.2, 0.25) is 0 Å². The van der Waals surface area contributed by atoms with Crippen LogP contribution < -0.4 is 10.2 Å². The van der Waals surface area contributed by atoms with Crippen molar-refractivity contribution in [2.24, 2.45) is 5.92 Å². The van der Waals surface area contributed by atoms with Crippen molar-refractivity contribution in [3.8, 4) is 0 Å². The molecule has 1 N–H and O–H groups in total. The standard InChI is InChI=1S/C12H16FIN2/c1-3-16-7-8(2)6-15-11-5-10(14)9(13)4-12(11)16/h4-5,8,15H,3,6-7H2,1-2H3. The maximum atomic E-state index is 13.6. The summed E-state index contributed by atoms with van der Waals surface area (Å²) < 4.78 is 14.3. The summed E-state index contributed by atoms with van der Waals surface area (Å²) in [5.74, 6) is 0.447. The second kappa shape index (κ2) is 4.77. The highest BCUT2D eigenvalue weighted by molar-refractivity contribution is 14.1. The first kappa shape index (κ1) is 12.0. The topological polar surface area (TPSA) is 15.3 Å². The smallest absolute Gasteiger partial charge is 0.138 e. The predicted molar refractivity (Wildman–Crippen MR) is 74.7 cm³/mol. The molecule has 0 radical (unpaired) electrons. The largest absolute Gasteiger partial charge is 0.383 e. The first-order valence-electron chi connectivity index (χ1n) is 5.59. The van der Waals surface area contributed by atoms with Crippen molar-refractivity contribution in [3.05, 3.63) is 21.5 Å². The van der Waals surface area contributed by atoms with Gasteiger partial charge in [-0.2, -0.15) is 0 Å². The normalized spacial score (nSPS) is 20.0. The Balaban J connectivity index is 2.45. The third-order valence-electron chi connectivity index (χ3n) is 2.93. The van der Waals surface area contributed by atoms with Crippen LogP contribution >= 0.6 is 22.6 Å². The zero-order chi connectivity index (χ0) is 11.7. The van der Waals surface area contributed by atoms with Crippen molar-refractivity contribution in [2.75, 3.05) is 29.9 Å². The summed E-state index contributed by atoms with van der Waals surface area (Å²) in [6.07, 6.45) is 0. The highest BCUT2D eigenvalue weighted by Gasteiger charge is 2.19. The van der Waals surface area contributed by atoms with Gasteiger partial charge in [0.25, 0.3) is 0 Å². The average molecular weight is 334 g/mol. The van der Waals surface area contributed by atoms with Crippen LogP contribution in [0.25, 0.3) is 0 Å². The number of benzene rings is 1. The Bertz CT molecular complexity index is 395. The molecule has 2 rings (SSSR count). The van der Waals surface area contributed by atoms with Gasteiger partial charge in [-0.3, -0.25) is 0 Å². The molecule has 0 bridgehead atoms. The Morgan fingerprint density at radius 1 is 1.56 bits per heavy atom. The fraction of sp³-hybridized carbons (Fsp3) is 0.500. The van der Waals surface area contributed by atoms with Crippen LogP contribution in [0.4, 0.5) is 15.8 Å². The number of hydrogen-bond acceptors (Lipinski definition) is 2. The number of fused-ring (bicyclic) bond motifs is 1. The monoisotopic (exact) mass is 334 g/mol. The fourth-order valence-electron chi connectivity index (χ4n) is 2.06. The van der Waals surface area contributed by atoms with E-state index in [1.54, 1.807) is 6.07 Å². The van der Waals surface area contributed by atoms with Gasteiger partial charge in [0, 0.05) is 25.7 Å². The van der Waals surface area contributed by atoms with Gasteiger partial charge in [-0.05, 0) is 41.5 Å². The Labute approximate surface area is 109 Å². The summed E-state index contributed by atoms with van der Waals surface area (Å²) in [4.78, 5) is 2.24. The van der Waals surface area contributed by atoms with Gasteiger partial charge in [0.1, 0.15) is 5.82 Å². The van der Waals surface area contributed by atoms with Crippen molar-refractivity contribution >= 4 is 34.0 Å². The van der Waals surface area contributed by atoms with Crippen molar-refractivity contribution in [1.29, 1.82) is 0 Å². The number of nitrogens with one attached hydrogen (secondary N) is 1. The molecule has 88 valence electrons. The number of halogens is 2. The number of nitrogens with zero attached hydrogens (tertiary/aromatic N) is 1. The zero-order valence-electron chi connectivity index (χ0n) is 9.56. The van der Waals surface area contributed by atoms with E-state index in [9.17, 15) is 4.39 Å². The number of rotatable bonds is 1. The minimum Gasteiger partial charge on any atom is -0.383 e. The zero-order valence-corrected chi connectivity index (χ0v) is 11.7. The maximum absolute atomic E-state index is 13.6.